The first kappa shape index (κ1) is 30.9. The first-order chi connectivity index (χ1) is 20.4. The summed E-state index contributed by atoms with van der Waals surface area (Å²) in [5.41, 5.74) is -1.28. The van der Waals surface area contributed by atoms with Crippen LogP contribution in [0.3, 0.4) is 0 Å². The molecule has 0 radical (unpaired) electrons. The van der Waals surface area contributed by atoms with Crippen molar-refractivity contribution in [3.8, 4) is 0 Å². The van der Waals surface area contributed by atoms with Crippen molar-refractivity contribution in [2.75, 3.05) is 6.61 Å². The summed E-state index contributed by atoms with van der Waals surface area (Å²) in [4.78, 5) is 0. The van der Waals surface area contributed by atoms with Crippen molar-refractivity contribution in [3.05, 3.63) is 0 Å². The Morgan fingerprint density at radius 1 is 0.795 bits per heavy atom. The highest BCUT2D eigenvalue weighted by Crippen LogP contribution is 2.90. The molecule has 3 spiro atoms. The zero-order valence-electron chi connectivity index (χ0n) is 27.7. The van der Waals surface area contributed by atoms with Crippen LogP contribution in [0.25, 0.3) is 0 Å². The van der Waals surface area contributed by atoms with Crippen LogP contribution in [-0.4, -0.2) is 92.5 Å². The van der Waals surface area contributed by atoms with Gasteiger partial charge in [-0.25, -0.2) is 0 Å². The molecule has 5 saturated carbocycles. The van der Waals surface area contributed by atoms with Gasteiger partial charge in [0.15, 0.2) is 12.1 Å². The highest BCUT2D eigenvalue weighted by molar-refractivity contribution is 5.34. The third-order valence-corrected chi connectivity index (χ3v) is 15.7. The van der Waals surface area contributed by atoms with E-state index in [0.717, 1.165) is 44.9 Å². The largest absolute Gasteiger partial charge is 0.393 e. The lowest BCUT2D eigenvalue weighted by atomic mass is 9.41. The molecule has 2 bridgehead atoms. The van der Waals surface area contributed by atoms with Gasteiger partial charge in [-0.15, -0.1) is 0 Å². The van der Waals surface area contributed by atoms with E-state index in [2.05, 4.69) is 34.6 Å². The van der Waals surface area contributed by atoms with Crippen LogP contribution in [0.4, 0.5) is 0 Å². The molecule has 9 heteroatoms. The second-order valence-corrected chi connectivity index (χ2v) is 18.4. The maximum atomic E-state index is 12.4. The predicted molar refractivity (Wildman–Crippen MR) is 159 cm³/mol. The molecule has 5 N–H and O–H groups in total. The van der Waals surface area contributed by atoms with Crippen molar-refractivity contribution in [1.82, 2.24) is 0 Å². The zero-order chi connectivity index (χ0) is 31.6. The normalized spacial score (nSPS) is 62.2. The van der Waals surface area contributed by atoms with Crippen molar-refractivity contribution >= 4 is 0 Å². The first-order valence-electron chi connectivity index (χ1n) is 17.4. The number of ether oxygens (including phenoxy) is 4. The standard InChI is InChI=1S/C35H56O9/c1-17-12-20-27(30(4,5)40)44-35(43-20)15-32(7)26-18(36)13-21-29(2,3)22(42-28-24(39)23(38)19(37)14-41-28)8-9-33(21)16-34(26,33)11-10-31(32,6)25(17)35/h17-28,36-40H,8-16H2,1-7H3/t17-,18+,19-,20-,21+,22+,23-,24-,25+,26-,27+,28-,31-,32+,33-,34+,35-/m1/s1. The fraction of sp³-hybridized carbons (Fsp3) is 1.00. The molecule has 3 saturated heterocycles. The molecule has 3 aliphatic heterocycles. The van der Waals surface area contributed by atoms with Gasteiger partial charge in [-0.3, -0.25) is 0 Å². The molecule has 0 aromatic rings. The average molecular weight is 621 g/mol. The van der Waals surface area contributed by atoms with Crippen LogP contribution >= 0.6 is 0 Å². The van der Waals surface area contributed by atoms with Gasteiger partial charge in [-0.05, 0) is 104 Å². The quantitative estimate of drug-likeness (QED) is 0.301. The summed E-state index contributed by atoms with van der Waals surface area (Å²) in [5.74, 6) is 0.319. The Bertz CT molecular complexity index is 1200. The number of fused-ring (bicyclic) bond motifs is 4. The van der Waals surface area contributed by atoms with E-state index >= 15 is 0 Å². The molecule has 3 heterocycles. The van der Waals surface area contributed by atoms with E-state index in [1.54, 1.807) is 0 Å². The molecule has 44 heavy (non-hydrogen) atoms. The molecule has 0 amide bonds. The number of hydrogen-bond acceptors (Lipinski definition) is 9. The van der Waals surface area contributed by atoms with Crippen molar-refractivity contribution < 1.29 is 44.5 Å². The molecule has 250 valence electrons. The number of hydrogen-bond donors (Lipinski definition) is 5. The molecule has 17 atom stereocenters. The van der Waals surface area contributed by atoms with E-state index in [9.17, 15) is 25.5 Å². The summed E-state index contributed by atoms with van der Waals surface area (Å²) >= 11 is 0. The van der Waals surface area contributed by atoms with Crippen molar-refractivity contribution in [3.63, 3.8) is 0 Å². The number of rotatable bonds is 3. The lowest BCUT2D eigenvalue weighted by Crippen LogP contribution is -2.63. The summed E-state index contributed by atoms with van der Waals surface area (Å²) in [6, 6.07) is 0. The second-order valence-electron chi connectivity index (χ2n) is 18.4. The van der Waals surface area contributed by atoms with Crippen LogP contribution in [0.5, 0.6) is 0 Å². The minimum Gasteiger partial charge on any atom is -0.393 e. The monoisotopic (exact) mass is 620 g/mol. The summed E-state index contributed by atoms with van der Waals surface area (Å²) in [7, 11) is 0. The average Bonchev–Trinajstić information content (AvgIpc) is 3.38. The number of aliphatic hydroxyl groups is 5. The number of aliphatic hydroxyl groups excluding tert-OH is 4. The Hall–Kier alpha value is -0.360. The zero-order valence-corrected chi connectivity index (χ0v) is 27.7. The van der Waals surface area contributed by atoms with Crippen LogP contribution in [0.1, 0.15) is 99.8 Å². The van der Waals surface area contributed by atoms with Gasteiger partial charge < -0.3 is 44.5 Å². The van der Waals surface area contributed by atoms with Crippen LogP contribution in [0.15, 0.2) is 0 Å². The lowest BCUT2D eigenvalue weighted by molar-refractivity contribution is -0.304. The van der Waals surface area contributed by atoms with Gasteiger partial charge in [-0.1, -0.05) is 34.6 Å². The van der Waals surface area contributed by atoms with E-state index < -0.39 is 42.1 Å². The molecule has 9 nitrogen and oxygen atoms in total. The third kappa shape index (κ3) is 3.53. The van der Waals surface area contributed by atoms with Gasteiger partial charge in [0.2, 0.25) is 0 Å². The molecular formula is C35H56O9. The predicted octanol–water partition coefficient (Wildman–Crippen LogP) is 3.12. The molecule has 5 aliphatic carbocycles. The van der Waals surface area contributed by atoms with Crippen molar-refractivity contribution in [2.45, 2.75) is 160 Å². The van der Waals surface area contributed by atoms with E-state index in [1.165, 1.54) is 0 Å². The summed E-state index contributed by atoms with van der Waals surface area (Å²) in [5, 5.41) is 54.2. The minimum atomic E-state index is -1.31. The van der Waals surface area contributed by atoms with E-state index in [1.807, 2.05) is 13.8 Å². The Kier molecular flexibility index (Phi) is 6.33. The Morgan fingerprint density at radius 3 is 2.23 bits per heavy atom. The van der Waals surface area contributed by atoms with Crippen LogP contribution in [0.2, 0.25) is 0 Å². The Balaban J connectivity index is 1.10. The van der Waals surface area contributed by atoms with E-state index in [4.69, 9.17) is 18.9 Å². The summed E-state index contributed by atoms with van der Waals surface area (Å²) in [6.07, 6.45) is 1.70. The topological polar surface area (TPSA) is 138 Å². The van der Waals surface area contributed by atoms with Crippen molar-refractivity contribution in [2.24, 2.45) is 50.7 Å². The highest BCUT2D eigenvalue weighted by atomic mass is 16.8. The van der Waals surface area contributed by atoms with E-state index in [0.29, 0.717) is 12.3 Å². The third-order valence-electron chi connectivity index (χ3n) is 15.7. The van der Waals surface area contributed by atoms with Crippen LogP contribution in [-0.2, 0) is 18.9 Å². The van der Waals surface area contributed by atoms with Gasteiger partial charge in [0.05, 0.1) is 30.5 Å². The van der Waals surface area contributed by atoms with Gasteiger partial charge in [0.1, 0.15) is 24.4 Å². The molecular weight excluding hydrogens is 564 g/mol. The first-order valence-corrected chi connectivity index (χ1v) is 17.4. The smallest absolute Gasteiger partial charge is 0.186 e. The van der Waals surface area contributed by atoms with Crippen LogP contribution in [0, 0.1) is 50.7 Å². The summed E-state index contributed by atoms with van der Waals surface area (Å²) < 4.78 is 25.9. The Morgan fingerprint density at radius 2 is 1.52 bits per heavy atom. The molecule has 8 fully saturated rings. The maximum Gasteiger partial charge on any atom is 0.186 e. The Labute approximate surface area is 262 Å². The fourth-order valence-electron chi connectivity index (χ4n) is 14.0. The summed E-state index contributed by atoms with van der Waals surface area (Å²) in [6.45, 7) is 15.4. The molecule has 0 unspecified atom stereocenters. The van der Waals surface area contributed by atoms with Crippen molar-refractivity contribution in [1.29, 1.82) is 0 Å². The van der Waals surface area contributed by atoms with Gasteiger partial charge in [0, 0.05) is 12.3 Å². The fourth-order valence-corrected chi connectivity index (χ4v) is 14.0. The molecule has 8 rings (SSSR count). The molecule has 0 aromatic carbocycles. The van der Waals surface area contributed by atoms with E-state index in [-0.39, 0.29) is 69.7 Å². The minimum absolute atomic E-state index is 0.0465. The van der Waals surface area contributed by atoms with Gasteiger partial charge in [-0.2, -0.15) is 0 Å². The van der Waals surface area contributed by atoms with Gasteiger partial charge in [0.25, 0.3) is 0 Å². The molecule has 0 aromatic heterocycles. The van der Waals surface area contributed by atoms with Gasteiger partial charge >= 0.3 is 0 Å². The highest BCUT2D eigenvalue weighted by Gasteiger charge is 2.87. The second kappa shape index (κ2) is 9.00. The molecule has 8 aliphatic rings. The van der Waals surface area contributed by atoms with Crippen LogP contribution < -0.4 is 0 Å². The maximum absolute atomic E-state index is 12.4. The lowest BCUT2D eigenvalue weighted by Gasteiger charge is -2.64. The SMILES string of the molecule is C[C@@H]1C[C@H]2O[C@]3(C[C@@]4(C)[C@H]5[C@@H](O)C[C@H]6C(C)(C)[C@@H](O[C@H]7OC[C@@H](O)[C@@H](O)[C@H]7O)CC[C@@]67C[C@@]57CC[C@]4(C)[C@H]13)O[C@@H]2C(C)(C)O.